The molecule has 9 nitrogen and oxygen atoms in total. The van der Waals surface area contributed by atoms with Crippen molar-refractivity contribution < 1.29 is 14.3 Å². The lowest BCUT2D eigenvalue weighted by Gasteiger charge is -2.35. The Morgan fingerprint density at radius 1 is 1.08 bits per heavy atom. The van der Waals surface area contributed by atoms with Gasteiger partial charge in [0, 0.05) is 64.4 Å². The number of likely N-dealkylation sites (tertiary alicyclic amines) is 2. The third kappa shape index (κ3) is 5.22. The summed E-state index contributed by atoms with van der Waals surface area (Å²) in [5.74, 6) is 0.958. The van der Waals surface area contributed by atoms with Gasteiger partial charge < -0.3 is 30.2 Å². The van der Waals surface area contributed by atoms with Crippen LogP contribution in [0.1, 0.15) is 56.7 Å². The van der Waals surface area contributed by atoms with E-state index in [1.807, 2.05) is 17.0 Å². The number of fused-ring (bicyclic) bond motifs is 1. The summed E-state index contributed by atoms with van der Waals surface area (Å²) in [6, 6.07) is 8.10. The van der Waals surface area contributed by atoms with Gasteiger partial charge in [0.1, 0.15) is 5.82 Å². The number of carbonyl (C=O) groups is 2. The molecular weight excluding hydrogens is 456 g/mol. The van der Waals surface area contributed by atoms with Gasteiger partial charge in [-0.3, -0.25) is 4.79 Å². The summed E-state index contributed by atoms with van der Waals surface area (Å²) in [7, 11) is 1.73. The standard InChI is InChI=1S/C27H40N6O3/c1-36-15-7-14-33-24-12-5-4-11-23(24)30-25(33)19-8-6-13-31(16-19)26(34)21-17-32(18-22(21)28)27(35)29-20-9-2-3-10-20/h4-5,11-12,19-22H,2-3,6-10,13-18,28H2,1H3,(H,29,35)/t19?,21-,22-/m1/s1. The second-order valence-corrected chi connectivity index (χ2v) is 10.7. The normalized spacial score (nSPS) is 25.1. The minimum Gasteiger partial charge on any atom is -0.385 e. The molecule has 196 valence electrons. The number of para-hydroxylation sites is 2. The number of hydrogen-bond donors (Lipinski definition) is 2. The molecular formula is C27H40N6O3. The van der Waals surface area contributed by atoms with Gasteiger partial charge in [-0.25, -0.2) is 9.78 Å². The molecule has 2 saturated heterocycles. The van der Waals surface area contributed by atoms with Crippen molar-refractivity contribution in [1.82, 2.24) is 24.7 Å². The third-order valence-electron chi connectivity index (χ3n) is 8.16. The number of carbonyl (C=O) groups excluding carboxylic acids is 2. The van der Waals surface area contributed by atoms with Crippen LogP contribution in [0.2, 0.25) is 0 Å². The summed E-state index contributed by atoms with van der Waals surface area (Å²) in [4.78, 5) is 35.1. The highest BCUT2D eigenvalue weighted by Crippen LogP contribution is 2.31. The van der Waals surface area contributed by atoms with Crippen molar-refractivity contribution in [1.29, 1.82) is 0 Å². The molecule has 36 heavy (non-hydrogen) atoms. The molecule has 1 aliphatic carbocycles. The van der Waals surface area contributed by atoms with Gasteiger partial charge in [-0.15, -0.1) is 0 Å². The largest absolute Gasteiger partial charge is 0.385 e. The number of nitrogens with two attached hydrogens (primary N) is 1. The van der Waals surface area contributed by atoms with E-state index in [1.165, 1.54) is 12.8 Å². The maximum atomic E-state index is 13.6. The molecule has 1 saturated carbocycles. The van der Waals surface area contributed by atoms with Crippen molar-refractivity contribution in [2.75, 3.05) is 39.9 Å². The molecule has 3 N–H and O–H groups in total. The minimum atomic E-state index is -0.349. The predicted octanol–water partition coefficient (Wildman–Crippen LogP) is 2.69. The van der Waals surface area contributed by atoms with Crippen molar-refractivity contribution in [2.24, 2.45) is 11.7 Å². The number of nitrogens with one attached hydrogen (secondary N) is 1. The fourth-order valence-electron chi connectivity index (χ4n) is 6.22. The van der Waals surface area contributed by atoms with Crippen molar-refractivity contribution >= 4 is 23.0 Å². The maximum absolute atomic E-state index is 13.6. The van der Waals surface area contributed by atoms with E-state index in [4.69, 9.17) is 15.5 Å². The van der Waals surface area contributed by atoms with Gasteiger partial charge in [-0.1, -0.05) is 25.0 Å². The molecule has 3 atom stereocenters. The molecule has 0 bridgehead atoms. The van der Waals surface area contributed by atoms with E-state index >= 15 is 0 Å². The number of methoxy groups -OCH3 is 1. The van der Waals surface area contributed by atoms with Gasteiger partial charge in [0.25, 0.3) is 0 Å². The van der Waals surface area contributed by atoms with Crippen LogP contribution in [0.25, 0.3) is 11.0 Å². The molecule has 0 spiro atoms. The Labute approximate surface area is 213 Å². The SMILES string of the molecule is COCCCn1c(C2CCCN(C(=O)[C@@H]3CN(C(=O)NC4CCCC4)C[C@H]3N)C2)nc2ccccc21. The number of nitrogens with zero attached hydrogens (tertiary/aromatic N) is 4. The van der Waals surface area contributed by atoms with Crippen LogP contribution in [0, 0.1) is 5.92 Å². The molecule has 2 aromatic rings. The molecule has 1 aromatic carbocycles. The van der Waals surface area contributed by atoms with E-state index < -0.39 is 0 Å². The third-order valence-corrected chi connectivity index (χ3v) is 8.16. The number of amides is 3. The Hall–Kier alpha value is -2.65. The smallest absolute Gasteiger partial charge is 0.317 e. The second kappa shape index (κ2) is 11.2. The number of aryl methyl sites for hydroxylation is 1. The summed E-state index contributed by atoms with van der Waals surface area (Å²) in [6.07, 6.45) is 7.27. The van der Waals surface area contributed by atoms with Crippen molar-refractivity contribution in [3.05, 3.63) is 30.1 Å². The van der Waals surface area contributed by atoms with Crippen molar-refractivity contribution in [3.63, 3.8) is 0 Å². The van der Waals surface area contributed by atoms with E-state index in [0.717, 1.165) is 62.1 Å². The van der Waals surface area contributed by atoms with Crippen LogP contribution in [0.3, 0.4) is 0 Å². The average Bonchev–Trinajstić information content (AvgIpc) is 3.63. The van der Waals surface area contributed by atoms with Crippen LogP contribution < -0.4 is 11.1 Å². The fraction of sp³-hybridized carbons (Fsp3) is 0.667. The Kier molecular flexibility index (Phi) is 7.76. The molecule has 3 amide bonds. The Morgan fingerprint density at radius 3 is 2.69 bits per heavy atom. The number of rotatable bonds is 7. The van der Waals surface area contributed by atoms with Crippen LogP contribution in [-0.2, 0) is 16.1 Å². The van der Waals surface area contributed by atoms with E-state index in [2.05, 4.69) is 22.0 Å². The summed E-state index contributed by atoms with van der Waals surface area (Å²) in [6.45, 7) is 3.75. The minimum absolute atomic E-state index is 0.0745. The lowest BCUT2D eigenvalue weighted by molar-refractivity contribution is -0.136. The highest BCUT2D eigenvalue weighted by molar-refractivity contribution is 5.83. The number of benzene rings is 1. The monoisotopic (exact) mass is 496 g/mol. The lowest BCUT2D eigenvalue weighted by Crippen LogP contribution is -2.47. The van der Waals surface area contributed by atoms with Gasteiger partial charge in [0.2, 0.25) is 5.91 Å². The zero-order chi connectivity index (χ0) is 25.1. The van der Waals surface area contributed by atoms with Gasteiger partial charge in [0.15, 0.2) is 0 Å². The first-order valence-corrected chi connectivity index (χ1v) is 13.6. The number of imidazole rings is 1. The zero-order valence-electron chi connectivity index (χ0n) is 21.4. The van der Waals surface area contributed by atoms with Crippen LogP contribution >= 0.6 is 0 Å². The number of ether oxygens (including phenoxy) is 1. The number of urea groups is 1. The van der Waals surface area contributed by atoms with Crippen molar-refractivity contribution in [3.8, 4) is 0 Å². The van der Waals surface area contributed by atoms with Crippen LogP contribution in [0.15, 0.2) is 24.3 Å². The summed E-state index contributed by atoms with van der Waals surface area (Å²) < 4.78 is 7.59. The van der Waals surface area contributed by atoms with Gasteiger partial charge >= 0.3 is 6.03 Å². The van der Waals surface area contributed by atoms with Crippen LogP contribution in [0.4, 0.5) is 4.79 Å². The Bertz CT molecular complexity index is 1060. The first-order chi connectivity index (χ1) is 17.5. The van der Waals surface area contributed by atoms with Gasteiger partial charge in [-0.2, -0.15) is 0 Å². The zero-order valence-corrected chi connectivity index (χ0v) is 21.4. The molecule has 5 rings (SSSR count). The Balaban J connectivity index is 1.26. The predicted molar refractivity (Wildman–Crippen MR) is 139 cm³/mol. The summed E-state index contributed by atoms with van der Waals surface area (Å²) >= 11 is 0. The number of aromatic nitrogens is 2. The quantitative estimate of drug-likeness (QED) is 0.574. The number of piperidine rings is 1. The topological polar surface area (TPSA) is 106 Å². The molecule has 2 aliphatic heterocycles. The van der Waals surface area contributed by atoms with E-state index in [-0.39, 0.29) is 35.9 Å². The average molecular weight is 497 g/mol. The van der Waals surface area contributed by atoms with Gasteiger partial charge in [-0.05, 0) is 44.2 Å². The highest BCUT2D eigenvalue weighted by Gasteiger charge is 2.41. The van der Waals surface area contributed by atoms with E-state index in [9.17, 15) is 9.59 Å². The molecule has 9 heteroatoms. The fourth-order valence-corrected chi connectivity index (χ4v) is 6.22. The maximum Gasteiger partial charge on any atom is 0.317 e. The molecule has 1 aromatic heterocycles. The Morgan fingerprint density at radius 2 is 1.89 bits per heavy atom. The van der Waals surface area contributed by atoms with E-state index in [1.54, 1.807) is 12.0 Å². The number of hydrogen-bond acceptors (Lipinski definition) is 5. The molecule has 3 aliphatic rings. The second-order valence-electron chi connectivity index (χ2n) is 10.7. The first-order valence-electron chi connectivity index (χ1n) is 13.6. The molecule has 3 heterocycles. The van der Waals surface area contributed by atoms with E-state index in [0.29, 0.717) is 26.2 Å². The summed E-state index contributed by atoms with van der Waals surface area (Å²) in [5.41, 5.74) is 8.54. The van der Waals surface area contributed by atoms with Crippen LogP contribution in [0.5, 0.6) is 0 Å². The molecule has 3 fully saturated rings. The van der Waals surface area contributed by atoms with Crippen LogP contribution in [-0.4, -0.2) is 83.3 Å². The van der Waals surface area contributed by atoms with Crippen molar-refractivity contribution in [2.45, 2.75) is 69.5 Å². The molecule has 0 radical (unpaired) electrons. The summed E-state index contributed by atoms with van der Waals surface area (Å²) in [5, 5.41) is 3.14. The highest BCUT2D eigenvalue weighted by atomic mass is 16.5. The van der Waals surface area contributed by atoms with Gasteiger partial charge in [0.05, 0.1) is 17.0 Å². The molecule has 1 unspecified atom stereocenters. The lowest BCUT2D eigenvalue weighted by atomic mass is 9.94. The first kappa shape index (κ1) is 25.0.